The molecule has 32 heavy (non-hydrogen) atoms. The van der Waals surface area contributed by atoms with Crippen molar-refractivity contribution in [2.75, 3.05) is 4.72 Å². The summed E-state index contributed by atoms with van der Waals surface area (Å²) in [7, 11) is -3.86. The molecule has 5 aromatic rings. The fraction of sp³-hybridized carbons (Fsp3) is 0. The molecule has 0 radical (unpaired) electrons. The Kier molecular flexibility index (Phi) is 5.20. The molecule has 5 rings (SSSR count). The summed E-state index contributed by atoms with van der Waals surface area (Å²) < 4.78 is 43.5. The largest absolute Gasteiger partial charge is 0.279 e. The van der Waals surface area contributed by atoms with E-state index in [1.165, 1.54) is 17.4 Å². The molecule has 4 aromatic carbocycles. The summed E-state index contributed by atoms with van der Waals surface area (Å²) in [4.78, 5) is 4.77. The minimum Gasteiger partial charge on any atom is -0.279 e. The van der Waals surface area contributed by atoms with Crippen LogP contribution in [0, 0.1) is 5.82 Å². The summed E-state index contributed by atoms with van der Waals surface area (Å²) in [6.45, 7) is 0. The molecule has 0 fully saturated rings. The van der Waals surface area contributed by atoms with Gasteiger partial charge in [-0.25, -0.2) is 17.8 Å². The van der Waals surface area contributed by atoms with Crippen LogP contribution in [0.1, 0.15) is 0 Å². The summed E-state index contributed by atoms with van der Waals surface area (Å²) >= 11 is 1.31. The molecule has 158 valence electrons. The topological polar surface area (TPSA) is 59.1 Å². The van der Waals surface area contributed by atoms with E-state index in [4.69, 9.17) is 0 Å². The van der Waals surface area contributed by atoms with Crippen molar-refractivity contribution in [2.24, 2.45) is 0 Å². The average molecular weight is 461 g/mol. The first kappa shape index (κ1) is 20.4. The Hall–Kier alpha value is -3.55. The number of para-hydroxylation sites is 1. The molecule has 7 heteroatoms. The maximum atomic E-state index is 14.2. The van der Waals surface area contributed by atoms with Crippen LogP contribution in [0.15, 0.2) is 101 Å². The maximum Gasteiger partial charge on any atom is 0.262 e. The van der Waals surface area contributed by atoms with Gasteiger partial charge in [-0.3, -0.25) is 4.72 Å². The monoisotopic (exact) mass is 460 g/mol. The van der Waals surface area contributed by atoms with E-state index in [9.17, 15) is 12.8 Å². The summed E-state index contributed by atoms with van der Waals surface area (Å²) in [5.74, 6) is -0.349. The van der Waals surface area contributed by atoms with E-state index in [0.717, 1.165) is 5.39 Å². The molecule has 0 saturated heterocycles. The quantitative estimate of drug-likeness (QED) is 0.323. The van der Waals surface area contributed by atoms with E-state index in [-0.39, 0.29) is 10.7 Å². The first-order valence-corrected chi connectivity index (χ1v) is 12.2. The van der Waals surface area contributed by atoms with Crippen molar-refractivity contribution in [1.29, 1.82) is 0 Å². The highest BCUT2D eigenvalue weighted by molar-refractivity contribution is 7.93. The number of hydrogen-bond acceptors (Lipinski definition) is 4. The van der Waals surface area contributed by atoms with Gasteiger partial charge in [0.25, 0.3) is 10.0 Å². The Morgan fingerprint density at radius 1 is 0.781 bits per heavy atom. The van der Waals surface area contributed by atoms with Gasteiger partial charge >= 0.3 is 0 Å². The molecule has 0 amide bonds. The minimum atomic E-state index is -3.86. The first-order valence-electron chi connectivity index (χ1n) is 9.83. The molecule has 1 N–H and O–H groups in total. The highest BCUT2D eigenvalue weighted by Gasteiger charge is 2.20. The van der Waals surface area contributed by atoms with Gasteiger partial charge in [0, 0.05) is 21.9 Å². The van der Waals surface area contributed by atoms with E-state index in [0.29, 0.717) is 32.9 Å². The van der Waals surface area contributed by atoms with Crippen molar-refractivity contribution >= 4 is 37.8 Å². The second-order valence-corrected chi connectivity index (χ2v) is 9.66. The van der Waals surface area contributed by atoms with E-state index >= 15 is 0 Å². The SMILES string of the molecule is O=S(=O)(Nc1ccccc1-c1csc(-c2ccccc2F)n1)c1cccc2ccccc12. The maximum absolute atomic E-state index is 14.2. The number of nitrogens with one attached hydrogen (secondary N) is 1. The Balaban J connectivity index is 1.54. The van der Waals surface area contributed by atoms with Crippen LogP contribution in [-0.2, 0) is 10.0 Å². The lowest BCUT2D eigenvalue weighted by molar-refractivity contribution is 0.602. The molecule has 0 bridgehead atoms. The molecular weight excluding hydrogens is 443 g/mol. The number of benzene rings is 4. The molecular formula is C25H17FN2O2S2. The van der Waals surface area contributed by atoms with Crippen molar-refractivity contribution in [3.63, 3.8) is 0 Å². The number of anilines is 1. The second-order valence-electron chi connectivity index (χ2n) is 7.15. The lowest BCUT2D eigenvalue weighted by Crippen LogP contribution is -2.14. The minimum absolute atomic E-state index is 0.204. The zero-order chi connectivity index (χ0) is 22.1. The number of thiazole rings is 1. The van der Waals surface area contributed by atoms with Crippen LogP contribution in [0.2, 0.25) is 0 Å². The van der Waals surface area contributed by atoms with Crippen LogP contribution in [-0.4, -0.2) is 13.4 Å². The number of aromatic nitrogens is 1. The van der Waals surface area contributed by atoms with Crippen molar-refractivity contribution in [3.8, 4) is 21.8 Å². The Morgan fingerprint density at radius 2 is 1.47 bits per heavy atom. The number of halogens is 1. The van der Waals surface area contributed by atoms with Crippen molar-refractivity contribution < 1.29 is 12.8 Å². The fourth-order valence-electron chi connectivity index (χ4n) is 3.58. The van der Waals surface area contributed by atoms with Crippen molar-refractivity contribution in [3.05, 3.63) is 102 Å². The third kappa shape index (κ3) is 3.77. The molecule has 0 saturated carbocycles. The van der Waals surface area contributed by atoms with Crippen LogP contribution < -0.4 is 4.72 Å². The van der Waals surface area contributed by atoms with Crippen molar-refractivity contribution in [2.45, 2.75) is 4.90 Å². The van der Waals surface area contributed by atoms with Gasteiger partial charge in [-0.1, -0.05) is 66.7 Å². The Bertz CT molecular complexity index is 1540. The van der Waals surface area contributed by atoms with E-state index < -0.39 is 10.0 Å². The number of nitrogens with zero attached hydrogens (tertiary/aromatic N) is 1. The van der Waals surface area contributed by atoms with Crippen LogP contribution >= 0.6 is 11.3 Å². The standard InChI is InChI=1S/C25H17FN2O2S2/c26-21-13-5-3-11-19(21)25-27-23(16-31-25)20-12-4-6-14-22(20)28-32(29,30)24-15-7-9-17-8-1-2-10-18(17)24/h1-16,28H. The molecule has 0 unspecified atom stereocenters. The number of rotatable bonds is 5. The van der Waals surface area contributed by atoms with Crippen LogP contribution in [0.3, 0.4) is 0 Å². The lowest BCUT2D eigenvalue weighted by Gasteiger charge is -2.13. The van der Waals surface area contributed by atoms with Gasteiger partial charge in [-0.2, -0.15) is 0 Å². The highest BCUT2D eigenvalue weighted by atomic mass is 32.2. The zero-order valence-corrected chi connectivity index (χ0v) is 18.3. The van der Waals surface area contributed by atoms with E-state index in [1.807, 2.05) is 30.3 Å². The molecule has 0 aliphatic heterocycles. The van der Waals surface area contributed by atoms with Crippen molar-refractivity contribution in [1.82, 2.24) is 4.98 Å². The molecule has 0 aliphatic rings. The normalized spacial score (nSPS) is 11.5. The van der Waals surface area contributed by atoms with Gasteiger partial charge in [0.15, 0.2) is 0 Å². The molecule has 0 spiro atoms. The molecule has 1 aromatic heterocycles. The van der Waals surface area contributed by atoms with Gasteiger partial charge in [0.2, 0.25) is 0 Å². The summed E-state index contributed by atoms with van der Waals surface area (Å²) in [6.07, 6.45) is 0. The molecule has 1 heterocycles. The molecule has 4 nitrogen and oxygen atoms in total. The Morgan fingerprint density at radius 3 is 2.31 bits per heavy atom. The summed E-state index contributed by atoms with van der Waals surface area (Å²) in [6, 6.07) is 26.1. The summed E-state index contributed by atoms with van der Waals surface area (Å²) in [5, 5.41) is 3.82. The number of fused-ring (bicyclic) bond motifs is 1. The predicted molar refractivity (Wildman–Crippen MR) is 128 cm³/mol. The van der Waals surface area contributed by atoms with Gasteiger partial charge < -0.3 is 0 Å². The van der Waals surface area contributed by atoms with E-state index in [2.05, 4.69) is 9.71 Å². The van der Waals surface area contributed by atoms with Gasteiger partial charge in [0.1, 0.15) is 10.8 Å². The summed E-state index contributed by atoms with van der Waals surface area (Å²) in [5.41, 5.74) is 2.02. The van der Waals surface area contributed by atoms with Crippen LogP contribution in [0.4, 0.5) is 10.1 Å². The zero-order valence-electron chi connectivity index (χ0n) is 16.7. The second kappa shape index (κ2) is 8.18. The lowest BCUT2D eigenvalue weighted by atomic mass is 10.1. The molecule has 0 atom stereocenters. The number of hydrogen-bond donors (Lipinski definition) is 1. The fourth-order valence-corrected chi connectivity index (χ4v) is 5.74. The van der Waals surface area contributed by atoms with Gasteiger partial charge in [0.05, 0.1) is 16.3 Å². The highest BCUT2D eigenvalue weighted by Crippen LogP contribution is 2.35. The number of sulfonamides is 1. The van der Waals surface area contributed by atoms with Gasteiger partial charge in [-0.15, -0.1) is 11.3 Å². The van der Waals surface area contributed by atoms with Gasteiger partial charge in [-0.05, 0) is 29.7 Å². The predicted octanol–water partition coefficient (Wildman–Crippen LogP) is 6.57. The third-order valence-corrected chi connectivity index (χ3v) is 7.39. The van der Waals surface area contributed by atoms with Crippen LogP contribution in [0.5, 0.6) is 0 Å². The first-order chi connectivity index (χ1) is 15.5. The average Bonchev–Trinajstić information content (AvgIpc) is 3.29. The van der Waals surface area contributed by atoms with E-state index in [1.54, 1.807) is 60.0 Å². The smallest absolute Gasteiger partial charge is 0.262 e. The molecule has 0 aliphatic carbocycles. The van der Waals surface area contributed by atoms with Crippen LogP contribution in [0.25, 0.3) is 32.6 Å². The Labute approximate surface area is 189 Å². The third-order valence-electron chi connectivity index (χ3n) is 5.09.